The third-order valence-electron chi connectivity index (χ3n) is 4.30. The second-order valence-corrected chi connectivity index (χ2v) is 6.35. The number of amides is 1. The van der Waals surface area contributed by atoms with E-state index < -0.39 is 5.91 Å². The van der Waals surface area contributed by atoms with Gasteiger partial charge < -0.3 is 16.4 Å². The minimum atomic E-state index is -0.479. The van der Waals surface area contributed by atoms with Crippen molar-refractivity contribution in [2.45, 2.75) is 31.7 Å². The minimum absolute atomic E-state index is 0.263. The maximum atomic E-state index is 11.5. The molecule has 0 bridgehead atoms. The van der Waals surface area contributed by atoms with Crippen LogP contribution in [-0.4, -0.2) is 47.4 Å². The summed E-state index contributed by atoms with van der Waals surface area (Å²) >= 11 is 1.28. The van der Waals surface area contributed by atoms with Crippen molar-refractivity contribution in [1.82, 2.24) is 9.27 Å². The second kappa shape index (κ2) is 5.57. The number of piperidine rings is 1. The van der Waals surface area contributed by atoms with E-state index in [0.29, 0.717) is 11.6 Å². The highest BCUT2D eigenvalue weighted by atomic mass is 32.1. The number of likely N-dealkylation sites (tertiary alicyclic amines) is 1. The fraction of sp³-hybridized carbons (Fsp3) is 0.692. The van der Waals surface area contributed by atoms with E-state index in [4.69, 9.17) is 11.5 Å². The monoisotopic (exact) mass is 295 g/mol. The summed E-state index contributed by atoms with van der Waals surface area (Å²) in [5, 5.41) is 0.842. The molecule has 0 aliphatic carbocycles. The lowest BCUT2D eigenvalue weighted by Gasteiger charge is -2.32. The van der Waals surface area contributed by atoms with Gasteiger partial charge >= 0.3 is 0 Å². The number of carbonyl (C=O) groups is 1. The van der Waals surface area contributed by atoms with Crippen LogP contribution in [0.25, 0.3) is 0 Å². The second-order valence-electron chi connectivity index (χ2n) is 5.60. The van der Waals surface area contributed by atoms with Crippen molar-refractivity contribution >= 4 is 28.3 Å². The van der Waals surface area contributed by atoms with Crippen LogP contribution in [0.5, 0.6) is 0 Å². The van der Waals surface area contributed by atoms with Gasteiger partial charge in [0.15, 0.2) is 5.82 Å². The van der Waals surface area contributed by atoms with Gasteiger partial charge in [0, 0.05) is 19.1 Å². The van der Waals surface area contributed by atoms with Gasteiger partial charge in [-0.3, -0.25) is 9.69 Å². The Morgan fingerprint density at radius 2 is 2.00 bits per heavy atom. The first-order chi connectivity index (χ1) is 9.66. The molecule has 1 aromatic rings. The van der Waals surface area contributed by atoms with E-state index in [0.717, 1.165) is 24.5 Å². The first-order valence-corrected chi connectivity index (χ1v) is 7.98. The smallest absolute Gasteiger partial charge is 0.255 e. The molecule has 7 heteroatoms. The molecule has 6 nitrogen and oxygen atoms in total. The van der Waals surface area contributed by atoms with Crippen molar-refractivity contribution in [3.8, 4) is 0 Å². The molecule has 2 aliphatic heterocycles. The van der Waals surface area contributed by atoms with Crippen LogP contribution in [0.1, 0.15) is 36.0 Å². The zero-order valence-electron chi connectivity index (χ0n) is 11.5. The first kappa shape index (κ1) is 13.6. The summed E-state index contributed by atoms with van der Waals surface area (Å²) in [6.45, 7) is 4.29. The Morgan fingerprint density at radius 1 is 1.25 bits per heavy atom. The lowest BCUT2D eigenvalue weighted by Crippen LogP contribution is -2.40. The lowest BCUT2D eigenvalue weighted by atomic mass is 10.1. The topological polar surface area (TPSA) is 88.5 Å². The van der Waals surface area contributed by atoms with Gasteiger partial charge in [-0.1, -0.05) is 6.42 Å². The van der Waals surface area contributed by atoms with Gasteiger partial charge in [-0.15, -0.1) is 0 Å². The normalized spacial score (nSPS) is 24.2. The summed E-state index contributed by atoms with van der Waals surface area (Å²) in [4.78, 5) is 16.3. The highest BCUT2D eigenvalue weighted by molar-refractivity contribution is 7.11. The van der Waals surface area contributed by atoms with Crippen LogP contribution in [0.15, 0.2) is 0 Å². The third-order valence-corrected chi connectivity index (χ3v) is 5.23. The van der Waals surface area contributed by atoms with E-state index in [1.807, 2.05) is 0 Å². The number of anilines is 2. The van der Waals surface area contributed by atoms with Gasteiger partial charge in [0.2, 0.25) is 0 Å². The van der Waals surface area contributed by atoms with Gasteiger partial charge in [-0.25, -0.2) is 0 Å². The molecule has 1 unspecified atom stereocenters. The van der Waals surface area contributed by atoms with Crippen LogP contribution in [0, 0.1) is 0 Å². The molecule has 3 rings (SSSR count). The van der Waals surface area contributed by atoms with E-state index >= 15 is 0 Å². The van der Waals surface area contributed by atoms with Crippen molar-refractivity contribution in [2.24, 2.45) is 5.73 Å². The number of primary amides is 1. The fourth-order valence-corrected chi connectivity index (χ4v) is 4.10. The molecule has 1 amide bonds. The van der Waals surface area contributed by atoms with Crippen molar-refractivity contribution in [2.75, 3.05) is 36.8 Å². The van der Waals surface area contributed by atoms with E-state index in [-0.39, 0.29) is 5.82 Å². The molecular weight excluding hydrogens is 274 g/mol. The molecule has 0 saturated carbocycles. The summed E-state index contributed by atoms with van der Waals surface area (Å²) in [7, 11) is 0. The zero-order valence-corrected chi connectivity index (χ0v) is 12.4. The highest BCUT2D eigenvalue weighted by Gasteiger charge is 2.32. The molecule has 0 radical (unpaired) electrons. The number of nitrogens with zero attached hydrogens (tertiary/aromatic N) is 3. The van der Waals surface area contributed by atoms with Gasteiger partial charge in [0.05, 0.1) is 0 Å². The Morgan fingerprint density at radius 3 is 2.70 bits per heavy atom. The average Bonchev–Trinajstić information content (AvgIpc) is 3.05. The SMILES string of the molecule is NC(=O)c1c(N)nsc1N1CCC(N2CCCCC2)C1. The Kier molecular flexibility index (Phi) is 3.80. The van der Waals surface area contributed by atoms with Gasteiger partial charge in [-0.2, -0.15) is 4.37 Å². The molecule has 2 aliphatic rings. The molecule has 0 spiro atoms. The van der Waals surface area contributed by atoms with Crippen LogP contribution in [0.3, 0.4) is 0 Å². The number of rotatable bonds is 3. The summed E-state index contributed by atoms with van der Waals surface area (Å²) < 4.78 is 4.08. The molecule has 3 heterocycles. The largest absolute Gasteiger partial charge is 0.382 e. The van der Waals surface area contributed by atoms with Gasteiger partial charge in [0.25, 0.3) is 5.91 Å². The number of hydrogen-bond acceptors (Lipinski definition) is 6. The Balaban J connectivity index is 1.72. The molecule has 110 valence electrons. The van der Waals surface area contributed by atoms with Crippen LogP contribution in [0.4, 0.5) is 10.8 Å². The Labute approximate surface area is 122 Å². The van der Waals surface area contributed by atoms with Crippen molar-refractivity contribution in [1.29, 1.82) is 0 Å². The predicted octanol–water partition coefficient (Wildman–Crippen LogP) is 0.889. The quantitative estimate of drug-likeness (QED) is 0.864. The Bertz CT molecular complexity index is 497. The molecule has 2 fully saturated rings. The Hall–Kier alpha value is -1.34. The van der Waals surface area contributed by atoms with Gasteiger partial charge in [-0.05, 0) is 43.9 Å². The maximum Gasteiger partial charge on any atom is 0.255 e. The van der Waals surface area contributed by atoms with E-state index in [9.17, 15) is 4.79 Å². The first-order valence-electron chi connectivity index (χ1n) is 7.20. The average molecular weight is 295 g/mol. The highest BCUT2D eigenvalue weighted by Crippen LogP contribution is 2.33. The van der Waals surface area contributed by atoms with E-state index in [1.54, 1.807) is 0 Å². The minimum Gasteiger partial charge on any atom is -0.382 e. The molecule has 20 heavy (non-hydrogen) atoms. The molecule has 2 saturated heterocycles. The van der Waals surface area contributed by atoms with E-state index in [2.05, 4.69) is 14.2 Å². The molecule has 4 N–H and O–H groups in total. The van der Waals surface area contributed by atoms with Gasteiger partial charge in [0.1, 0.15) is 10.6 Å². The lowest BCUT2D eigenvalue weighted by molar-refractivity contribution is 0.100. The van der Waals surface area contributed by atoms with Crippen LogP contribution < -0.4 is 16.4 Å². The molecule has 0 aromatic carbocycles. The number of hydrogen-bond donors (Lipinski definition) is 2. The van der Waals surface area contributed by atoms with Crippen molar-refractivity contribution in [3.05, 3.63) is 5.56 Å². The predicted molar refractivity (Wildman–Crippen MR) is 81.1 cm³/mol. The van der Waals surface area contributed by atoms with E-state index in [1.165, 1.54) is 43.9 Å². The van der Waals surface area contributed by atoms with Crippen molar-refractivity contribution < 1.29 is 4.79 Å². The third kappa shape index (κ3) is 2.47. The van der Waals surface area contributed by atoms with Crippen molar-refractivity contribution in [3.63, 3.8) is 0 Å². The zero-order chi connectivity index (χ0) is 14.1. The van der Waals surface area contributed by atoms with Crippen LogP contribution in [0.2, 0.25) is 0 Å². The van der Waals surface area contributed by atoms with Crippen LogP contribution in [-0.2, 0) is 0 Å². The summed E-state index contributed by atoms with van der Waals surface area (Å²) in [6, 6.07) is 0.583. The standard InChI is InChI=1S/C13H21N5OS/c14-11-10(12(15)19)13(20-16-11)18-7-4-9(8-18)17-5-2-1-3-6-17/h9H,1-8H2,(H2,14,16)(H2,15,19). The number of aromatic nitrogens is 1. The summed E-state index contributed by atoms with van der Waals surface area (Å²) in [6.07, 6.45) is 5.09. The maximum absolute atomic E-state index is 11.5. The molecular formula is C13H21N5OS. The number of carbonyl (C=O) groups excluding carboxylic acids is 1. The molecule has 1 aromatic heterocycles. The number of nitrogens with two attached hydrogens (primary N) is 2. The summed E-state index contributed by atoms with van der Waals surface area (Å²) in [5.41, 5.74) is 11.6. The number of nitrogen functional groups attached to an aromatic ring is 1. The fourth-order valence-electron chi connectivity index (χ4n) is 3.25. The summed E-state index contributed by atoms with van der Waals surface area (Å²) in [5.74, 6) is -0.216. The molecule has 1 atom stereocenters. The van der Waals surface area contributed by atoms with Crippen LogP contribution >= 0.6 is 11.5 Å².